The molecule has 0 saturated heterocycles. The summed E-state index contributed by atoms with van der Waals surface area (Å²) >= 11 is 0. The molecule has 0 radical (unpaired) electrons. The summed E-state index contributed by atoms with van der Waals surface area (Å²) in [4.78, 5) is 11.3. The molecular weight excluding hydrogens is 474 g/mol. The molecule has 3 aromatic carbocycles. The molecule has 7 heteroatoms. The van der Waals surface area contributed by atoms with Gasteiger partial charge in [-0.2, -0.15) is 4.31 Å². The Kier molecular flexibility index (Phi) is 7.81. The van der Waals surface area contributed by atoms with Crippen LogP contribution in [0.2, 0.25) is 0 Å². The van der Waals surface area contributed by atoms with E-state index in [9.17, 15) is 13.2 Å². The zero-order valence-corrected chi connectivity index (χ0v) is 21.8. The van der Waals surface area contributed by atoms with E-state index < -0.39 is 22.6 Å². The molecule has 6 nitrogen and oxygen atoms in total. The topological polar surface area (TPSA) is 83.9 Å². The van der Waals surface area contributed by atoms with E-state index in [2.05, 4.69) is 26.0 Å². The Labute approximate surface area is 213 Å². The van der Waals surface area contributed by atoms with Gasteiger partial charge >= 0.3 is 5.97 Å². The highest BCUT2D eigenvalue weighted by Crippen LogP contribution is 2.39. The molecular formula is C29H33NO5S. The summed E-state index contributed by atoms with van der Waals surface area (Å²) in [6, 6.07) is 20.5. The lowest BCUT2D eigenvalue weighted by Crippen LogP contribution is -2.31. The van der Waals surface area contributed by atoms with Gasteiger partial charge in [0, 0.05) is 7.05 Å². The lowest BCUT2D eigenvalue weighted by atomic mass is 9.97. The third kappa shape index (κ3) is 5.47. The third-order valence-electron chi connectivity index (χ3n) is 6.89. The van der Waals surface area contributed by atoms with Gasteiger partial charge in [-0.05, 0) is 71.2 Å². The van der Waals surface area contributed by atoms with Crippen LogP contribution in [0, 0.1) is 0 Å². The van der Waals surface area contributed by atoms with Crippen molar-refractivity contribution in [3.05, 3.63) is 83.4 Å². The molecule has 1 aliphatic carbocycles. The van der Waals surface area contributed by atoms with E-state index in [0.717, 1.165) is 41.5 Å². The van der Waals surface area contributed by atoms with Gasteiger partial charge in [0.1, 0.15) is 5.75 Å². The number of benzene rings is 3. The van der Waals surface area contributed by atoms with Crippen LogP contribution in [0.3, 0.4) is 0 Å². The quantitative estimate of drug-likeness (QED) is 0.377. The number of carboxylic acid groups (broad SMARTS) is 1. The van der Waals surface area contributed by atoms with Gasteiger partial charge in [0.25, 0.3) is 0 Å². The van der Waals surface area contributed by atoms with E-state index in [1.54, 1.807) is 31.3 Å². The molecule has 0 aromatic heterocycles. The second-order valence-electron chi connectivity index (χ2n) is 9.59. The Morgan fingerprint density at radius 3 is 2.44 bits per heavy atom. The first-order valence-electron chi connectivity index (χ1n) is 12.3. The van der Waals surface area contributed by atoms with Crippen molar-refractivity contribution in [2.45, 2.75) is 56.4 Å². The number of aliphatic carboxylic acids is 1. The van der Waals surface area contributed by atoms with Crippen LogP contribution < -0.4 is 4.74 Å². The predicted octanol–water partition coefficient (Wildman–Crippen LogP) is 6.03. The normalized spacial score (nSPS) is 16.0. The second kappa shape index (κ2) is 10.8. The number of sulfonamides is 1. The molecule has 1 aliphatic rings. The van der Waals surface area contributed by atoms with E-state index in [4.69, 9.17) is 9.84 Å². The highest BCUT2D eigenvalue weighted by molar-refractivity contribution is 7.89. The minimum atomic E-state index is -3.76. The van der Waals surface area contributed by atoms with E-state index in [1.165, 1.54) is 9.87 Å². The summed E-state index contributed by atoms with van der Waals surface area (Å²) in [6.07, 6.45) is 3.16. The number of nitrogens with zero attached hydrogens (tertiary/aromatic N) is 1. The summed E-state index contributed by atoms with van der Waals surface area (Å²) in [5.41, 5.74) is 5.04. The fraction of sp³-hybridized carbons (Fsp3) is 0.345. The van der Waals surface area contributed by atoms with Gasteiger partial charge in [0.05, 0.1) is 10.9 Å². The molecule has 0 aliphatic heterocycles. The summed E-state index contributed by atoms with van der Waals surface area (Å²) in [6.45, 7) is 3.87. The van der Waals surface area contributed by atoms with Gasteiger partial charge in [-0.15, -0.1) is 0 Å². The molecule has 0 heterocycles. The molecule has 36 heavy (non-hydrogen) atoms. The number of carbonyl (C=O) groups is 1. The molecule has 0 fully saturated rings. The van der Waals surface area contributed by atoms with Crippen molar-refractivity contribution >= 4 is 16.0 Å². The lowest BCUT2D eigenvalue weighted by Gasteiger charge is -2.28. The maximum atomic E-state index is 13.7. The Morgan fingerprint density at radius 1 is 1.03 bits per heavy atom. The predicted molar refractivity (Wildman–Crippen MR) is 141 cm³/mol. The zero-order valence-electron chi connectivity index (χ0n) is 21.0. The van der Waals surface area contributed by atoms with Crippen LogP contribution in [0.15, 0.2) is 71.6 Å². The van der Waals surface area contributed by atoms with Gasteiger partial charge < -0.3 is 9.84 Å². The lowest BCUT2D eigenvalue weighted by molar-refractivity contribution is -0.139. The van der Waals surface area contributed by atoms with E-state index >= 15 is 0 Å². The van der Waals surface area contributed by atoms with Crippen LogP contribution in [0.5, 0.6) is 5.75 Å². The van der Waals surface area contributed by atoms with Gasteiger partial charge in [-0.25, -0.2) is 13.2 Å². The largest absolute Gasteiger partial charge is 0.482 e. The maximum absolute atomic E-state index is 13.7. The third-order valence-corrected chi connectivity index (χ3v) is 8.77. The summed E-state index contributed by atoms with van der Waals surface area (Å²) < 4.78 is 34.3. The minimum Gasteiger partial charge on any atom is -0.482 e. The van der Waals surface area contributed by atoms with E-state index in [0.29, 0.717) is 18.1 Å². The Bertz CT molecular complexity index is 1330. The number of fused-ring (bicyclic) bond motifs is 1. The monoisotopic (exact) mass is 507 g/mol. The molecule has 0 amide bonds. The Balaban J connectivity index is 1.62. The van der Waals surface area contributed by atoms with Gasteiger partial charge in [0.2, 0.25) is 10.0 Å². The van der Waals surface area contributed by atoms with Crippen LogP contribution in [0.1, 0.15) is 61.8 Å². The first-order valence-corrected chi connectivity index (χ1v) is 13.8. The van der Waals surface area contributed by atoms with Crippen molar-refractivity contribution in [1.29, 1.82) is 0 Å². The molecule has 0 spiro atoms. The van der Waals surface area contributed by atoms with Crippen molar-refractivity contribution < 1.29 is 23.1 Å². The van der Waals surface area contributed by atoms with Crippen molar-refractivity contribution in [2.24, 2.45) is 0 Å². The van der Waals surface area contributed by atoms with Gasteiger partial charge in [0.15, 0.2) is 6.61 Å². The average molecular weight is 508 g/mol. The SMILES string of the molecule is CC(C)c1cccc(-c2ccc(S(=O)(=O)N(C)C3CCCCc4c(OCC(=O)O)cccc43)cc2)c1. The number of ether oxygens (including phenoxy) is 1. The second-order valence-corrected chi connectivity index (χ2v) is 11.6. The number of rotatable bonds is 8. The van der Waals surface area contributed by atoms with Crippen LogP contribution in [-0.4, -0.2) is 37.5 Å². The fourth-order valence-electron chi connectivity index (χ4n) is 4.84. The summed E-state index contributed by atoms with van der Waals surface area (Å²) in [5.74, 6) is -0.117. The fourth-order valence-corrected chi connectivity index (χ4v) is 6.21. The molecule has 190 valence electrons. The number of hydrogen-bond donors (Lipinski definition) is 1. The average Bonchev–Trinajstić information content (AvgIpc) is 3.10. The van der Waals surface area contributed by atoms with E-state index in [1.807, 2.05) is 30.3 Å². The Hall–Kier alpha value is -3.16. The number of carboxylic acids is 1. The molecule has 1 atom stereocenters. The maximum Gasteiger partial charge on any atom is 0.341 e. The van der Waals surface area contributed by atoms with Crippen molar-refractivity contribution in [3.8, 4) is 16.9 Å². The smallest absolute Gasteiger partial charge is 0.341 e. The highest BCUT2D eigenvalue weighted by atomic mass is 32.2. The van der Waals surface area contributed by atoms with Gasteiger partial charge in [-0.3, -0.25) is 0 Å². The molecule has 1 unspecified atom stereocenters. The van der Waals surface area contributed by atoms with Crippen molar-refractivity contribution in [3.63, 3.8) is 0 Å². The molecule has 1 N–H and O–H groups in total. The zero-order chi connectivity index (χ0) is 25.9. The molecule has 4 rings (SSSR count). The van der Waals surface area contributed by atoms with E-state index in [-0.39, 0.29) is 10.9 Å². The number of hydrogen-bond acceptors (Lipinski definition) is 4. The highest BCUT2D eigenvalue weighted by Gasteiger charge is 2.32. The van der Waals surface area contributed by atoms with Crippen molar-refractivity contribution in [1.82, 2.24) is 4.31 Å². The van der Waals surface area contributed by atoms with Crippen LogP contribution in [0.25, 0.3) is 11.1 Å². The standard InChI is InChI=1S/C29H33NO5S/c1-20(2)22-8-6-9-23(18-22)21-14-16-24(17-15-21)36(33,34)30(3)27-12-5-4-10-26-25(27)11-7-13-28(26)35-19-29(31)32/h6-9,11,13-18,20,27H,4-5,10,12,19H2,1-3H3,(H,31,32). The molecule has 0 saturated carbocycles. The molecule has 3 aromatic rings. The van der Waals surface area contributed by atoms with Crippen LogP contribution in [0.4, 0.5) is 0 Å². The summed E-state index contributed by atoms with van der Waals surface area (Å²) in [5, 5.41) is 9.02. The molecule has 0 bridgehead atoms. The van der Waals surface area contributed by atoms with Crippen LogP contribution in [-0.2, 0) is 21.2 Å². The first kappa shape index (κ1) is 25.9. The minimum absolute atomic E-state index is 0.248. The van der Waals surface area contributed by atoms with Gasteiger partial charge in [-0.1, -0.05) is 68.8 Å². The first-order chi connectivity index (χ1) is 17.2. The summed E-state index contributed by atoms with van der Waals surface area (Å²) in [7, 11) is -2.13. The Morgan fingerprint density at radius 2 is 1.75 bits per heavy atom. The van der Waals surface area contributed by atoms with Crippen LogP contribution >= 0.6 is 0 Å². The van der Waals surface area contributed by atoms with Crippen molar-refractivity contribution in [2.75, 3.05) is 13.7 Å².